The fourth-order valence-corrected chi connectivity index (χ4v) is 2.14. The van der Waals surface area contributed by atoms with Crippen LogP contribution in [-0.4, -0.2) is 0 Å². The van der Waals surface area contributed by atoms with Crippen molar-refractivity contribution in [2.24, 2.45) is 5.41 Å². The number of rotatable bonds is 2. The van der Waals surface area contributed by atoms with Crippen LogP contribution in [0.5, 0.6) is 0 Å². The van der Waals surface area contributed by atoms with Gasteiger partial charge in [-0.05, 0) is 43.4 Å². The van der Waals surface area contributed by atoms with E-state index in [0.29, 0.717) is 5.56 Å². The monoisotopic (exact) mass is 203 g/mol. The van der Waals surface area contributed by atoms with E-state index in [9.17, 15) is 4.39 Å². The highest BCUT2D eigenvalue weighted by Crippen LogP contribution is 2.43. The predicted molar refractivity (Wildman–Crippen MR) is 56.7 cm³/mol. The first-order valence-electron chi connectivity index (χ1n) is 5.31. The van der Waals surface area contributed by atoms with Crippen LogP contribution in [0.4, 0.5) is 4.39 Å². The Morgan fingerprint density at radius 3 is 2.67 bits per heavy atom. The van der Waals surface area contributed by atoms with Crippen molar-refractivity contribution >= 4 is 0 Å². The summed E-state index contributed by atoms with van der Waals surface area (Å²) in [5.74, 6) is -0.168. The Bertz CT molecular complexity index is 413. The summed E-state index contributed by atoms with van der Waals surface area (Å²) in [4.78, 5) is 0. The molecule has 1 nitrogen and oxygen atoms in total. The average Bonchev–Trinajstić information content (AvgIpc) is 2.17. The molecule has 1 aliphatic carbocycles. The first kappa shape index (κ1) is 10.2. The largest absolute Gasteiger partial charge is 0.207 e. The summed E-state index contributed by atoms with van der Waals surface area (Å²) in [6.45, 7) is 1.76. The molecule has 0 spiro atoms. The second kappa shape index (κ2) is 3.66. The van der Waals surface area contributed by atoms with Gasteiger partial charge in [-0.25, -0.2) is 4.39 Å². The summed E-state index contributed by atoms with van der Waals surface area (Å²) in [6.07, 6.45) is 3.89. The van der Waals surface area contributed by atoms with E-state index in [1.165, 1.54) is 6.07 Å². The molecule has 0 unspecified atom stereocenters. The lowest BCUT2D eigenvalue weighted by Crippen LogP contribution is -2.29. The van der Waals surface area contributed by atoms with Gasteiger partial charge in [-0.1, -0.05) is 18.6 Å². The van der Waals surface area contributed by atoms with Crippen molar-refractivity contribution in [2.45, 2.75) is 32.6 Å². The topological polar surface area (TPSA) is 23.8 Å². The normalized spacial score (nSPS) is 17.9. The number of hydrogen-bond acceptors (Lipinski definition) is 1. The van der Waals surface area contributed by atoms with Crippen LogP contribution in [0.25, 0.3) is 0 Å². The van der Waals surface area contributed by atoms with E-state index < -0.39 is 0 Å². The van der Waals surface area contributed by atoms with Crippen molar-refractivity contribution in [1.29, 1.82) is 5.26 Å². The molecule has 1 saturated carbocycles. The third kappa shape index (κ3) is 1.87. The molecule has 2 rings (SSSR count). The fraction of sp³-hybridized carbons (Fsp3) is 0.462. The number of hydrogen-bond donors (Lipinski definition) is 0. The maximum absolute atomic E-state index is 13.0. The van der Waals surface area contributed by atoms with Crippen LogP contribution in [0, 0.1) is 29.5 Å². The molecule has 0 heterocycles. The predicted octanol–water partition coefficient (Wildman–Crippen LogP) is 3.37. The van der Waals surface area contributed by atoms with Crippen molar-refractivity contribution in [2.75, 3.05) is 0 Å². The molecule has 0 aromatic heterocycles. The van der Waals surface area contributed by atoms with E-state index in [4.69, 9.17) is 5.26 Å². The van der Waals surface area contributed by atoms with Crippen LogP contribution >= 0.6 is 0 Å². The summed E-state index contributed by atoms with van der Waals surface area (Å²) in [6, 6.07) is 7.54. The Kier molecular flexibility index (Phi) is 2.48. The lowest BCUT2D eigenvalue weighted by Gasteiger charge is -2.35. The number of halogens is 1. The van der Waals surface area contributed by atoms with E-state index >= 15 is 0 Å². The van der Waals surface area contributed by atoms with Crippen LogP contribution in [0.15, 0.2) is 18.2 Å². The number of aryl methyl sites for hydroxylation is 1. The van der Waals surface area contributed by atoms with Crippen molar-refractivity contribution in [3.63, 3.8) is 0 Å². The smallest absolute Gasteiger partial charge is 0.126 e. The zero-order chi connectivity index (χ0) is 10.9. The average molecular weight is 203 g/mol. The molecule has 0 radical (unpaired) electrons. The highest BCUT2D eigenvalue weighted by atomic mass is 19.1. The van der Waals surface area contributed by atoms with Gasteiger partial charge in [0.25, 0.3) is 0 Å². The minimum Gasteiger partial charge on any atom is -0.207 e. The van der Waals surface area contributed by atoms with Crippen molar-refractivity contribution in [3.8, 4) is 6.07 Å². The van der Waals surface area contributed by atoms with E-state index in [-0.39, 0.29) is 11.2 Å². The number of nitrogens with zero attached hydrogens (tertiary/aromatic N) is 1. The maximum Gasteiger partial charge on any atom is 0.126 e. The minimum atomic E-state index is -0.168. The fourth-order valence-electron chi connectivity index (χ4n) is 2.14. The Labute approximate surface area is 89.5 Å². The van der Waals surface area contributed by atoms with Crippen molar-refractivity contribution in [3.05, 3.63) is 35.1 Å². The quantitative estimate of drug-likeness (QED) is 0.723. The summed E-state index contributed by atoms with van der Waals surface area (Å²) < 4.78 is 13.0. The molecule has 0 bridgehead atoms. The number of benzene rings is 1. The van der Waals surface area contributed by atoms with Gasteiger partial charge < -0.3 is 0 Å². The third-order valence-electron chi connectivity index (χ3n) is 3.31. The van der Waals surface area contributed by atoms with Crippen LogP contribution < -0.4 is 0 Å². The standard InChI is InChI=1S/C13H14FN/c1-10-7-11(3-4-12(10)14)8-13(9-15)5-2-6-13/h3-4,7H,2,5-6,8H2,1H3. The molecule has 0 atom stereocenters. The van der Waals surface area contributed by atoms with Gasteiger partial charge in [0.15, 0.2) is 0 Å². The molecule has 1 fully saturated rings. The third-order valence-corrected chi connectivity index (χ3v) is 3.31. The lowest BCUT2D eigenvalue weighted by atomic mass is 9.66. The van der Waals surface area contributed by atoms with Crippen LogP contribution in [0.3, 0.4) is 0 Å². The lowest BCUT2D eigenvalue weighted by molar-refractivity contribution is 0.214. The van der Waals surface area contributed by atoms with Gasteiger partial charge in [-0.2, -0.15) is 5.26 Å². The molecule has 1 aromatic carbocycles. The Morgan fingerprint density at radius 1 is 1.47 bits per heavy atom. The van der Waals surface area contributed by atoms with Gasteiger partial charge in [0.05, 0.1) is 11.5 Å². The van der Waals surface area contributed by atoms with E-state index in [1.54, 1.807) is 13.0 Å². The van der Waals surface area contributed by atoms with E-state index in [2.05, 4.69) is 6.07 Å². The van der Waals surface area contributed by atoms with Gasteiger partial charge in [-0.3, -0.25) is 0 Å². The Hall–Kier alpha value is -1.36. The summed E-state index contributed by atoms with van der Waals surface area (Å²) in [5, 5.41) is 9.10. The van der Waals surface area contributed by atoms with Gasteiger partial charge in [0.1, 0.15) is 5.82 Å². The molecule has 1 aliphatic rings. The molecular formula is C13H14FN. The molecule has 1 aromatic rings. The van der Waals surface area contributed by atoms with Crippen LogP contribution in [0.2, 0.25) is 0 Å². The summed E-state index contributed by atoms with van der Waals surface area (Å²) in [5.41, 5.74) is 1.58. The number of nitriles is 1. The van der Waals surface area contributed by atoms with Gasteiger partial charge in [0.2, 0.25) is 0 Å². The first-order valence-corrected chi connectivity index (χ1v) is 5.31. The zero-order valence-corrected chi connectivity index (χ0v) is 8.89. The van der Waals surface area contributed by atoms with Gasteiger partial charge in [-0.15, -0.1) is 0 Å². The molecule has 0 aliphatic heterocycles. The SMILES string of the molecule is Cc1cc(CC2(C#N)CCC2)ccc1F. The maximum atomic E-state index is 13.0. The van der Waals surface area contributed by atoms with E-state index in [0.717, 1.165) is 31.2 Å². The summed E-state index contributed by atoms with van der Waals surface area (Å²) in [7, 11) is 0. The van der Waals surface area contributed by atoms with Gasteiger partial charge in [0, 0.05) is 0 Å². The Morgan fingerprint density at radius 2 is 2.20 bits per heavy atom. The van der Waals surface area contributed by atoms with Crippen LogP contribution in [0.1, 0.15) is 30.4 Å². The van der Waals surface area contributed by atoms with Crippen molar-refractivity contribution < 1.29 is 4.39 Å². The zero-order valence-electron chi connectivity index (χ0n) is 8.89. The molecular weight excluding hydrogens is 189 g/mol. The Balaban J connectivity index is 2.18. The highest BCUT2D eigenvalue weighted by Gasteiger charge is 2.37. The van der Waals surface area contributed by atoms with E-state index in [1.807, 2.05) is 6.07 Å². The highest BCUT2D eigenvalue weighted by molar-refractivity contribution is 5.27. The molecule has 0 amide bonds. The molecule has 0 N–H and O–H groups in total. The first-order chi connectivity index (χ1) is 7.15. The second-order valence-corrected chi connectivity index (χ2v) is 4.51. The van der Waals surface area contributed by atoms with Crippen molar-refractivity contribution in [1.82, 2.24) is 0 Å². The second-order valence-electron chi connectivity index (χ2n) is 4.51. The molecule has 78 valence electrons. The van der Waals surface area contributed by atoms with Gasteiger partial charge >= 0.3 is 0 Å². The van der Waals surface area contributed by atoms with Crippen LogP contribution in [-0.2, 0) is 6.42 Å². The minimum absolute atomic E-state index is 0.162. The molecule has 15 heavy (non-hydrogen) atoms. The summed E-state index contributed by atoms with van der Waals surface area (Å²) >= 11 is 0. The molecule has 2 heteroatoms. The molecule has 0 saturated heterocycles.